The number of aromatic nitrogens is 4. The summed E-state index contributed by atoms with van der Waals surface area (Å²) in [7, 11) is 1.38. The van der Waals surface area contributed by atoms with Crippen molar-refractivity contribution in [2.45, 2.75) is 32.7 Å². The number of aliphatic hydroxyl groups is 1. The Kier molecular flexibility index (Phi) is 4.36. The highest BCUT2D eigenvalue weighted by atomic mass is 19.4. The Morgan fingerprint density at radius 2 is 2.09 bits per heavy atom. The second-order valence-electron chi connectivity index (χ2n) is 4.77. The molecule has 0 spiro atoms. The van der Waals surface area contributed by atoms with Gasteiger partial charge in [-0.25, -0.2) is 9.67 Å². The predicted octanol–water partition coefficient (Wildman–Crippen LogP) is 2.27. The smallest absolute Gasteiger partial charge is 0.408 e. The van der Waals surface area contributed by atoms with Crippen LogP contribution < -0.4 is 4.74 Å². The van der Waals surface area contributed by atoms with Crippen LogP contribution in [0.15, 0.2) is 12.3 Å². The van der Waals surface area contributed by atoms with Gasteiger partial charge in [0.15, 0.2) is 11.6 Å². The summed E-state index contributed by atoms with van der Waals surface area (Å²) < 4.78 is 44.0. The zero-order chi connectivity index (χ0) is 16.5. The van der Waals surface area contributed by atoms with Gasteiger partial charge >= 0.3 is 6.18 Å². The highest BCUT2D eigenvalue weighted by Gasteiger charge is 2.31. The molecule has 1 unspecified atom stereocenters. The molecule has 120 valence electrons. The number of aliphatic hydroxyl groups excluding tert-OH is 1. The number of ether oxygens (including phenoxy) is 1. The molecule has 1 atom stereocenters. The van der Waals surface area contributed by atoms with Crippen LogP contribution in [-0.4, -0.2) is 38.1 Å². The minimum absolute atomic E-state index is 0.0319. The number of aryl methyl sites for hydroxylation is 1. The average Bonchev–Trinajstić information content (AvgIpc) is 2.80. The molecule has 0 amide bonds. The summed E-state index contributed by atoms with van der Waals surface area (Å²) in [6, 6.07) is 1.56. The Balaban J connectivity index is 2.60. The molecule has 2 aromatic heterocycles. The number of nitrogens with zero attached hydrogens (tertiary/aromatic N) is 4. The lowest BCUT2D eigenvalue weighted by atomic mass is 10.2. The van der Waals surface area contributed by atoms with Crippen LogP contribution in [0.2, 0.25) is 0 Å². The maximum atomic E-state index is 12.7. The second-order valence-corrected chi connectivity index (χ2v) is 4.77. The normalized spacial score (nSPS) is 13.2. The molecule has 2 aromatic rings. The van der Waals surface area contributed by atoms with Gasteiger partial charge in [-0.15, -0.1) is 0 Å². The third-order valence-corrected chi connectivity index (χ3v) is 2.86. The van der Waals surface area contributed by atoms with Gasteiger partial charge in [0.1, 0.15) is 18.4 Å². The second kappa shape index (κ2) is 5.91. The summed E-state index contributed by atoms with van der Waals surface area (Å²) >= 11 is 0. The largest absolute Gasteiger partial charge is 0.494 e. The summed E-state index contributed by atoms with van der Waals surface area (Å²) in [5, 5.41) is 13.3. The minimum atomic E-state index is -4.46. The Bertz CT molecular complexity index is 668. The molecule has 0 bridgehead atoms. The van der Waals surface area contributed by atoms with E-state index in [0.29, 0.717) is 15.9 Å². The van der Waals surface area contributed by atoms with E-state index in [1.165, 1.54) is 20.2 Å². The first kappa shape index (κ1) is 16.2. The minimum Gasteiger partial charge on any atom is -0.494 e. The molecule has 9 heteroatoms. The van der Waals surface area contributed by atoms with E-state index < -0.39 is 18.8 Å². The number of halogens is 3. The van der Waals surface area contributed by atoms with Crippen LogP contribution in [0.5, 0.6) is 5.75 Å². The molecule has 0 aliphatic heterocycles. The van der Waals surface area contributed by atoms with E-state index in [9.17, 15) is 18.3 Å². The summed E-state index contributed by atoms with van der Waals surface area (Å²) in [5.41, 5.74) is 0.926. The molecule has 2 heterocycles. The van der Waals surface area contributed by atoms with Gasteiger partial charge in [-0.1, -0.05) is 0 Å². The fourth-order valence-electron chi connectivity index (χ4n) is 1.90. The maximum absolute atomic E-state index is 12.7. The third kappa shape index (κ3) is 3.53. The van der Waals surface area contributed by atoms with Crippen molar-refractivity contribution in [2.75, 3.05) is 7.11 Å². The first-order valence-electron chi connectivity index (χ1n) is 6.42. The molecule has 0 aliphatic rings. The summed E-state index contributed by atoms with van der Waals surface area (Å²) in [6.45, 7) is 1.77. The molecule has 6 nitrogen and oxygen atoms in total. The van der Waals surface area contributed by atoms with Crippen LogP contribution in [0.3, 0.4) is 0 Å². The Hall–Kier alpha value is -2.16. The van der Waals surface area contributed by atoms with Crippen LogP contribution in [0, 0.1) is 6.92 Å². The number of hydrogen-bond acceptors (Lipinski definition) is 5. The van der Waals surface area contributed by atoms with E-state index in [4.69, 9.17) is 4.74 Å². The van der Waals surface area contributed by atoms with E-state index in [1.807, 2.05) is 0 Å². The van der Waals surface area contributed by atoms with Crippen LogP contribution in [0.25, 0.3) is 11.4 Å². The van der Waals surface area contributed by atoms with Gasteiger partial charge in [0, 0.05) is 5.69 Å². The highest BCUT2D eigenvalue weighted by molar-refractivity contribution is 5.64. The summed E-state index contributed by atoms with van der Waals surface area (Å²) in [5.74, 6) is 0.157. The summed E-state index contributed by atoms with van der Waals surface area (Å²) in [6.07, 6.45) is -4.14. The Labute approximate surface area is 124 Å². The zero-order valence-electron chi connectivity index (χ0n) is 12.2. The SMILES string of the molecule is COc1cnc(C)cc1-c1nc(C(C)O)nn1CC(F)(F)F. The molecule has 0 radical (unpaired) electrons. The van der Waals surface area contributed by atoms with Crippen molar-refractivity contribution in [2.24, 2.45) is 0 Å². The van der Waals surface area contributed by atoms with E-state index in [-0.39, 0.29) is 17.4 Å². The van der Waals surface area contributed by atoms with Crippen molar-refractivity contribution in [3.05, 3.63) is 23.8 Å². The molecular weight excluding hydrogens is 301 g/mol. The topological polar surface area (TPSA) is 73.1 Å². The van der Waals surface area contributed by atoms with Crippen molar-refractivity contribution in [1.29, 1.82) is 0 Å². The molecule has 0 saturated carbocycles. The summed E-state index contributed by atoms with van der Waals surface area (Å²) in [4.78, 5) is 8.04. The van der Waals surface area contributed by atoms with Crippen molar-refractivity contribution in [1.82, 2.24) is 19.7 Å². The molecule has 2 rings (SSSR count). The molecule has 0 aromatic carbocycles. The number of hydrogen-bond donors (Lipinski definition) is 1. The first-order valence-corrected chi connectivity index (χ1v) is 6.42. The van der Waals surface area contributed by atoms with E-state index in [1.54, 1.807) is 13.0 Å². The van der Waals surface area contributed by atoms with E-state index in [0.717, 1.165) is 0 Å². The van der Waals surface area contributed by atoms with Crippen molar-refractivity contribution < 1.29 is 23.0 Å². The predicted molar refractivity (Wildman–Crippen MR) is 71.2 cm³/mol. The van der Waals surface area contributed by atoms with Crippen molar-refractivity contribution in [3.63, 3.8) is 0 Å². The standard InChI is InChI=1S/C13H15F3N4O2/c1-7-4-9(10(22-3)5-17-7)12-18-11(8(2)21)19-20(12)6-13(14,15)16/h4-5,8,21H,6H2,1-3H3. The van der Waals surface area contributed by atoms with E-state index in [2.05, 4.69) is 15.1 Å². The fraction of sp³-hybridized carbons (Fsp3) is 0.462. The lowest BCUT2D eigenvalue weighted by Crippen LogP contribution is -2.19. The first-order chi connectivity index (χ1) is 10.2. The van der Waals surface area contributed by atoms with Gasteiger partial charge < -0.3 is 9.84 Å². The average molecular weight is 316 g/mol. The van der Waals surface area contributed by atoms with Gasteiger partial charge in [0.2, 0.25) is 0 Å². The molecule has 0 aliphatic carbocycles. The number of alkyl halides is 3. The van der Waals surface area contributed by atoms with Crippen LogP contribution in [0.4, 0.5) is 13.2 Å². The Morgan fingerprint density at radius 3 is 2.64 bits per heavy atom. The fourth-order valence-corrected chi connectivity index (χ4v) is 1.90. The zero-order valence-corrected chi connectivity index (χ0v) is 12.2. The van der Waals surface area contributed by atoms with Gasteiger partial charge in [-0.05, 0) is 19.9 Å². The molecule has 1 N–H and O–H groups in total. The quantitative estimate of drug-likeness (QED) is 0.937. The highest BCUT2D eigenvalue weighted by Crippen LogP contribution is 2.31. The van der Waals surface area contributed by atoms with Gasteiger partial charge in [0.25, 0.3) is 0 Å². The van der Waals surface area contributed by atoms with Gasteiger partial charge in [0.05, 0.1) is 18.9 Å². The van der Waals surface area contributed by atoms with Crippen molar-refractivity contribution in [3.8, 4) is 17.1 Å². The monoisotopic (exact) mass is 316 g/mol. The van der Waals surface area contributed by atoms with Crippen molar-refractivity contribution >= 4 is 0 Å². The molecule has 22 heavy (non-hydrogen) atoms. The maximum Gasteiger partial charge on any atom is 0.408 e. The molecular formula is C13H15F3N4O2. The molecule has 0 saturated heterocycles. The number of rotatable bonds is 4. The van der Waals surface area contributed by atoms with Crippen LogP contribution >= 0.6 is 0 Å². The van der Waals surface area contributed by atoms with Crippen LogP contribution in [0.1, 0.15) is 24.5 Å². The van der Waals surface area contributed by atoms with Crippen LogP contribution in [-0.2, 0) is 6.54 Å². The van der Waals surface area contributed by atoms with Gasteiger partial charge in [-0.2, -0.15) is 18.3 Å². The lowest BCUT2D eigenvalue weighted by molar-refractivity contribution is -0.142. The molecule has 0 fully saturated rings. The number of pyridine rings is 1. The van der Waals surface area contributed by atoms with Gasteiger partial charge in [-0.3, -0.25) is 4.98 Å². The lowest BCUT2D eigenvalue weighted by Gasteiger charge is -2.11. The van der Waals surface area contributed by atoms with E-state index >= 15 is 0 Å². The third-order valence-electron chi connectivity index (χ3n) is 2.86. The Morgan fingerprint density at radius 1 is 1.41 bits per heavy atom. The number of methoxy groups -OCH3 is 1.